The summed E-state index contributed by atoms with van der Waals surface area (Å²) < 4.78 is 13.9. The molecule has 0 aliphatic heterocycles. The van der Waals surface area contributed by atoms with Gasteiger partial charge in [-0.1, -0.05) is 28.1 Å². The molecule has 21 heavy (non-hydrogen) atoms. The first-order chi connectivity index (χ1) is 10.1. The summed E-state index contributed by atoms with van der Waals surface area (Å²) in [7, 11) is 1.84. The summed E-state index contributed by atoms with van der Waals surface area (Å²) in [6, 6.07) is 10.0. The SMILES string of the molecule is CNC(c1ccc(F)cc1)c1cc2[nH]c(=O)[nH]c2cc1Br. The number of aromatic amines is 2. The van der Waals surface area contributed by atoms with Crippen molar-refractivity contribution in [2.75, 3.05) is 7.05 Å². The van der Waals surface area contributed by atoms with E-state index < -0.39 is 0 Å². The van der Waals surface area contributed by atoms with Crippen LogP contribution < -0.4 is 11.0 Å². The number of rotatable bonds is 3. The first-order valence-electron chi connectivity index (χ1n) is 6.42. The predicted molar refractivity (Wildman–Crippen MR) is 83.9 cm³/mol. The molecule has 2 aromatic carbocycles. The van der Waals surface area contributed by atoms with E-state index >= 15 is 0 Å². The average Bonchev–Trinajstić information content (AvgIpc) is 2.81. The van der Waals surface area contributed by atoms with Gasteiger partial charge in [-0.15, -0.1) is 0 Å². The number of hydrogen-bond acceptors (Lipinski definition) is 2. The number of imidazole rings is 1. The van der Waals surface area contributed by atoms with Gasteiger partial charge in [0.2, 0.25) is 0 Å². The molecule has 1 unspecified atom stereocenters. The Morgan fingerprint density at radius 3 is 2.38 bits per heavy atom. The van der Waals surface area contributed by atoms with Gasteiger partial charge in [-0.2, -0.15) is 0 Å². The monoisotopic (exact) mass is 349 g/mol. The fourth-order valence-corrected chi connectivity index (χ4v) is 3.02. The van der Waals surface area contributed by atoms with E-state index in [1.807, 2.05) is 19.2 Å². The Morgan fingerprint density at radius 1 is 1.14 bits per heavy atom. The van der Waals surface area contributed by atoms with Crippen LogP contribution in [0.4, 0.5) is 4.39 Å². The summed E-state index contributed by atoms with van der Waals surface area (Å²) in [6.07, 6.45) is 0. The van der Waals surface area contributed by atoms with Gasteiger partial charge in [0.15, 0.2) is 0 Å². The Labute approximate surface area is 128 Å². The van der Waals surface area contributed by atoms with Crippen LogP contribution in [-0.2, 0) is 0 Å². The molecule has 108 valence electrons. The van der Waals surface area contributed by atoms with E-state index in [0.717, 1.165) is 26.6 Å². The van der Waals surface area contributed by atoms with Crippen molar-refractivity contribution in [3.8, 4) is 0 Å². The van der Waals surface area contributed by atoms with E-state index in [-0.39, 0.29) is 17.5 Å². The molecule has 6 heteroatoms. The van der Waals surface area contributed by atoms with Crippen LogP contribution in [0.15, 0.2) is 45.7 Å². The first-order valence-corrected chi connectivity index (χ1v) is 7.22. The van der Waals surface area contributed by atoms with Gasteiger partial charge in [0, 0.05) is 4.47 Å². The van der Waals surface area contributed by atoms with Gasteiger partial charge >= 0.3 is 5.69 Å². The van der Waals surface area contributed by atoms with Crippen molar-refractivity contribution in [3.63, 3.8) is 0 Å². The summed E-state index contributed by atoms with van der Waals surface area (Å²) in [4.78, 5) is 16.8. The molecule has 0 radical (unpaired) electrons. The molecule has 3 N–H and O–H groups in total. The topological polar surface area (TPSA) is 60.7 Å². The molecule has 1 aromatic heterocycles. The van der Waals surface area contributed by atoms with E-state index in [1.54, 1.807) is 12.1 Å². The average molecular weight is 350 g/mol. The van der Waals surface area contributed by atoms with Gasteiger partial charge < -0.3 is 15.3 Å². The lowest BCUT2D eigenvalue weighted by Gasteiger charge is -2.19. The molecule has 0 saturated carbocycles. The van der Waals surface area contributed by atoms with Gasteiger partial charge in [0.1, 0.15) is 5.82 Å². The van der Waals surface area contributed by atoms with Gasteiger partial charge in [0.25, 0.3) is 0 Å². The molecule has 0 aliphatic rings. The maximum Gasteiger partial charge on any atom is 0.323 e. The molecule has 0 amide bonds. The minimum atomic E-state index is -0.266. The van der Waals surface area contributed by atoms with Crippen LogP contribution in [0.2, 0.25) is 0 Å². The molecular formula is C15H13BrFN3O. The Bertz CT molecular complexity index is 838. The Kier molecular flexibility index (Phi) is 3.65. The first kappa shape index (κ1) is 14.0. The highest BCUT2D eigenvalue weighted by atomic mass is 79.9. The van der Waals surface area contributed by atoms with Crippen LogP contribution >= 0.6 is 15.9 Å². The van der Waals surface area contributed by atoms with E-state index in [0.29, 0.717) is 0 Å². The van der Waals surface area contributed by atoms with Crippen molar-refractivity contribution in [1.82, 2.24) is 15.3 Å². The Morgan fingerprint density at radius 2 is 1.76 bits per heavy atom. The molecule has 3 rings (SSSR count). The number of fused-ring (bicyclic) bond motifs is 1. The molecule has 1 atom stereocenters. The van der Waals surface area contributed by atoms with Crippen LogP contribution in [-0.4, -0.2) is 17.0 Å². The maximum absolute atomic E-state index is 13.1. The third kappa shape index (κ3) is 2.64. The quantitative estimate of drug-likeness (QED) is 0.680. The van der Waals surface area contributed by atoms with Crippen molar-refractivity contribution in [2.45, 2.75) is 6.04 Å². The zero-order valence-electron chi connectivity index (χ0n) is 11.2. The predicted octanol–water partition coefficient (Wildman–Crippen LogP) is 3.07. The number of halogens is 2. The number of hydrogen-bond donors (Lipinski definition) is 3. The fraction of sp³-hybridized carbons (Fsp3) is 0.133. The molecule has 0 spiro atoms. The minimum Gasteiger partial charge on any atom is -0.309 e. The van der Waals surface area contributed by atoms with Crippen molar-refractivity contribution < 1.29 is 4.39 Å². The van der Waals surface area contributed by atoms with Crippen molar-refractivity contribution in [1.29, 1.82) is 0 Å². The Balaban J connectivity index is 2.13. The molecule has 4 nitrogen and oxygen atoms in total. The molecule has 0 aliphatic carbocycles. The third-order valence-corrected chi connectivity index (χ3v) is 4.12. The number of benzene rings is 2. The van der Waals surface area contributed by atoms with Crippen molar-refractivity contribution in [3.05, 3.63) is 68.3 Å². The summed E-state index contributed by atoms with van der Waals surface area (Å²) in [5.41, 5.74) is 3.14. The van der Waals surface area contributed by atoms with Crippen molar-refractivity contribution in [2.24, 2.45) is 0 Å². The zero-order chi connectivity index (χ0) is 15.0. The van der Waals surface area contributed by atoms with Gasteiger partial charge in [-0.3, -0.25) is 0 Å². The van der Waals surface area contributed by atoms with Gasteiger partial charge in [0.05, 0.1) is 17.1 Å². The highest BCUT2D eigenvalue weighted by Gasteiger charge is 2.16. The highest BCUT2D eigenvalue weighted by molar-refractivity contribution is 9.10. The van der Waals surface area contributed by atoms with E-state index in [1.165, 1.54) is 12.1 Å². The van der Waals surface area contributed by atoms with E-state index in [9.17, 15) is 9.18 Å². The third-order valence-electron chi connectivity index (χ3n) is 3.44. The maximum atomic E-state index is 13.1. The second kappa shape index (κ2) is 5.46. The largest absolute Gasteiger partial charge is 0.323 e. The molecule has 1 heterocycles. The van der Waals surface area contributed by atoms with Crippen LogP contribution in [0.1, 0.15) is 17.2 Å². The summed E-state index contributed by atoms with van der Waals surface area (Å²) in [5.74, 6) is -0.266. The smallest absolute Gasteiger partial charge is 0.309 e. The highest BCUT2D eigenvalue weighted by Crippen LogP contribution is 2.31. The van der Waals surface area contributed by atoms with Crippen LogP contribution in [0, 0.1) is 5.82 Å². The fourth-order valence-electron chi connectivity index (χ4n) is 2.45. The summed E-state index contributed by atoms with van der Waals surface area (Å²) in [5, 5.41) is 3.21. The molecule has 0 bridgehead atoms. The summed E-state index contributed by atoms with van der Waals surface area (Å²) >= 11 is 3.53. The second-order valence-electron chi connectivity index (χ2n) is 4.77. The minimum absolute atomic E-state index is 0.109. The lowest BCUT2D eigenvalue weighted by molar-refractivity contribution is 0.623. The normalized spacial score (nSPS) is 12.7. The lowest BCUT2D eigenvalue weighted by atomic mass is 9.98. The molecule has 3 aromatic rings. The number of aromatic nitrogens is 2. The molecule has 0 fully saturated rings. The van der Waals surface area contributed by atoms with E-state index in [4.69, 9.17) is 0 Å². The standard InChI is InChI=1S/C15H13BrFN3O/c1-18-14(8-2-4-9(17)5-3-8)10-6-12-13(7-11(10)16)20-15(21)19-12/h2-7,14,18H,1H3,(H2,19,20,21). The van der Waals surface area contributed by atoms with Crippen molar-refractivity contribution >= 4 is 27.0 Å². The molecular weight excluding hydrogens is 337 g/mol. The summed E-state index contributed by atoms with van der Waals surface area (Å²) in [6.45, 7) is 0. The molecule has 0 saturated heterocycles. The number of H-pyrrole nitrogens is 2. The lowest BCUT2D eigenvalue weighted by Crippen LogP contribution is -2.18. The zero-order valence-corrected chi connectivity index (χ0v) is 12.8. The second-order valence-corrected chi connectivity index (χ2v) is 5.63. The van der Waals surface area contributed by atoms with E-state index in [2.05, 4.69) is 31.2 Å². The van der Waals surface area contributed by atoms with Gasteiger partial charge in [-0.05, 0) is 42.4 Å². The Hall–Kier alpha value is -1.92. The van der Waals surface area contributed by atoms with Gasteiger partial charge in [-0.25, -0.2) is 9.18 Å². The van der Waals surface area contributed by atoms with Crippen LogP contribution in [0.25, 0.3) is 11.0 Å². The van der Waals surface area contributed by atoms with Crippen LogP contribution in [0.5, 0.6) is 0 Å². The van der Waals surface area contributed by atoms with Crippen LogP contribution in [0.3, 0.4) is 0 Å². The number of nitrogens with one attached hydrogen (secondary N) is 3.